The number of ether oxygens (including phenoxy) is 1. The molecule has 0 aliphatic heterocycles. The van der Waals surface area contributed by atoms with Crippen LogP contribution < -0.4 is 4.43 Å². The summed E-state index contributed by atoms with van der Waals surface area (Å²) in [4.78, 5) is 12.1. The summed E-state index contributed by atoms with van der Waals surface area (Å²) in [5, 5.41) is 0.268. The number of hydrogen-bond donors (Lipinski definition) is 0. The highest BCUT2D eigenvalue weighted by Crippen LogP contribution is 2.45. The Morgan fingerprint density at radius 2 is 1.74 bits per heavy atom. The molecular formula is C15H20Br3FO3Si. The van der Waals surface area contributed by atoms with Gasteiger partial charge in [0, 0.05) is 10.9 Å². The highest BCUT2D eigenvalue weighted by Gasteiger charge is 2.41. The van der Waals surface area contributed by atoms with E-state index in [9.17, 15) is 9.18 Å². The largest absolute Gasteiger partial charge is 0.542 e. The summed E-state index contributed by atoms with van der Waals surface area (Å²) in [6.45, 7) is 10.4. The number of rotatable bonds is 4. The van der Waals surface area contributed by atoms with Crippen LogP contribution in [-0.2, 0) is 10.1 Å². The first-order valence-electron chi connectivity index (χ1n) is 6.91. The third-order valence-corrected chi connectivity index (χ3v) is 10.4. The van der Waals surface area contributed by atoms with Gasteiger partial charge in [-0.1, -0.05) is 36.7 Å². The molecule has 23 heavy (non-hydrogen) atoms. The Hall–Kier alpha value is 0.0769. The monoisotopic (exact) mass is 532 g/mol. The molecule has 8 heteroatoms. The van der Waals surface area contributed by atoms with Crippen molar-refractivity contribution in [3.8, 4) is 5.75 Å². The molecule has 0 N–H and O–H groups in total. The van der Waals surface area contributed by atoms with Gasteiger partial charge in [0.1, 0.15) is 5.75 Å². The van der Waals surface area contributed by atoms with E-state index in [1.165, 1.54) is 7.11 Å². The number of hydrogen-bond acceptors (Lipinski definition) is 3. The zero-order valence-electron chi connectivity index (χ0n) is 13.9. The van der Waals surface area contributed by atoms with Crippen molar-refractivity contribution in [3.63, 3.8) is 0 Å². The van der Waals surface area contributed by atoms with Gasteiger partial charge in [0.2, 0.25) is 0 Å². The van der Waals surface area contributed by atoms with Crippen LogP contribution >= 0.6 is 47.8 Å². The summed E-state index contributed by atoms with van der Waals surface area (Å²) in [5.74, 6) is -0.837. The molecule has 0 aliphatic rings. The zero-order valence-corrected chi connectivity index (χ0v) is 19.7. The van der Waals surface area contributed by atoms with Gasteiger partial charge < -0.3 is 9.16 Å². The molecule has 0 amide bonds. The first-order chi connectivity index (χ1) is 10.4. The third-order valence-electron chi connectivity index (χ3n) is 4.07. The van der Waals surface area contributed by atoms with Gasteiger partial charge in [0.15, 0.2) is 5.82 Å². The van der Waals surface area contributed by atoms with Gasteiger partial charge in [-0.15, -0.1) is 0 Å². The lowest BCUT2D eigenvalue weighted by Crippen LogP contribution is -2.44. The van der Waals surface area contributed by atoms with Crippen LogP contribution in [-0.4, -0.2) is 21.4 Å². The average molecular weight is 535 g/mol. The number of carbonyl (C=O) groups is 1. The van der Waals surface area contributed by atoms with E-state index in [1.807, 2.05) is 0 Å². The van der Waals surface area contributed by atoms with Crippen molar-refractivity contribution in [1.29, 1.82) is 0 Å². The van der Waals surface area contributed by atoms with Gasteiger partial charge in [0.25, 0.3) is 8.32 Å². The van der Waals surface area contributed by atoms with Crippen molar-refractivity contribution in [3.05, 3.63) is 25.9 Å². The molecule has 1 aromatic rings. The maximum atomic E-state index is 14.6. The van der Waals surface area contributed by atoms with Gasteiger partial charge in [0.05, 0.1) is 21.6 Å². The maximum absolute atomic E-state index is 14.6. The molecule has 0 radical (unpaired) electrons. The summed E-state index contributed by atoms with van der Waals surface area (Å²) in [7, 11) is -0.953. The van der Waals surface area contributed by atoms with Gasteiger partial charge in [-0.05, 0) is 50.0 Å². The number of halogens is 4. The van der Waals surface area contributed by atoms with Gasteiger partial charge in [-0.2, -0.15) is 0 Å². The molecule has 1 aromatic carbocycles. The lowest BCUT2D eigenvalue weighted by molar-refractivity contribution is 0.0597. The van der Waals surface area contributed by atoms with Crippen LogP contribution in [0.4, 0.5) is 4.39 Å². The molecule has 0 fully saturated rings. The molecule has 0 saturated heterocycles. The van der Waals surface area contributed by atoms with E-state index < -0.39 is 20.1 Å². The molecule has 0 atom stereocenters. The standard InChI is InChI=1S/C15H20Br3FO3Si/c1-15(2,3)23(5,6)22-13-8(7-16)9(14(20)21-4)10(17)12(19)11(13)18/h7H2,1-6H3. The van der Waals surface area contributed by atoms with E-state index in [2.05, 4.69) is 81.7 Å². The van der Waals surface area contributed by atoms with Crippen LogP contribution in [0.5, 0.6) is 5.75 Å². The molecule has 0 aliphatic carbocycles. The predicted octanol–water partition coefficient (Wildman–Crippen LogP) is 6.42. The van der Waals surface area contributed by atoms with E-state index in [0.29, 0.717) is 16.6 Å². The van der Waals surface area contributed by atoms with E-state index in [4.69, 9.17) is 9.16 Å². The molecular weight excluding hydrogens is 515 g/mol. The first-order valence-corrected chi connectivity index (χ1v) is 12.5. The Bertz CT molecular complexity index is 628. The second kappa shape index (κ2) is 7.54. The van der Waals surface area contributed by atoms with Crippen LogP contribution in [0, 0.1) is 5.82 Å². The minimum Gasteiger partial charge on any atom is -0.542 e. The number of alkyl halides is 1. The van der Waals surface area contributed by atoms with Crippen molar-refractivity contribution in [2.75, 3.05) is 7.11 Å². The van der Waals surface area contributed by atoms with Crippen molar-refractivity contribution < 1.29 is 18.3 Å². The molecule has 0 aromatic heterocycles. The summed E-state index contributed by atoms with van der Waals surface area (Å²) in [6.07, 6.45) is 0. The molecule has 3 nitrogen and oxygen atoms in total. The van der Waals surface area contributed by atoms with Crippen LogP contribution in [0.2, 0.25) is 18.1 Å². The minimum atomic E-state index is -2.22. The van der Waals surface area contributed by atoms with Crippen molar-refractivity contribution in [1.82, 2.24) is 0 Å². The molecule has 0 spiro atoms. The van der Waals surface area contributed by atoms with Crippen molar-refractivity contribution in [2.45, 2.75) is 44.2 Å². The molecule has 0 bridgehead atoms. The Morgan fingerprint density at radius 3 is 2.13 bits per heavy atom. The van der Waals surface area contributed by atoms with Crippen molar-refractivity contribution >= 4 is 62.1 Å². The average Bonchev–Trinajstić information content (AvgIpc) is 2.45. The minimum absolute atomic E-state index is 0.0632. The van der Waals surface area contributed by atoms with Crippen LogP contribution in [0.1, 0.15) is 36.7 Å². The van der Waals surface area contributed by atoms with E-state index in [-0.39, 0.29) is 19.5 Å². The fourth-order valence-corrected chi connectivity index (χ4v) is 4.75. The lowest BCUT2D eigenvalue weighted by Gasteiger charge is -2.37. The van der Waals surface area contributed by atoms with Crippen LogP contribution in [0.15, 0.2) is 8.95 Å². The highest BCUT2D eigenvalue weighted by molar-refractivity contribution is 9.11. The van der Waals surface area contributed by atoms with Crippen molar-refractivity contribution in [2.24, 2.45) is 0 Å². The number of esters is 1. The number of methoxy groups -OCH3 is 1. The van der Waals surface area contributed by atoms with E-state index in [0.717, 1.165) is 0 Å². The first kappa shape index (κ1) is 21.1. The fourth-order valence-electron chi connectivity index (χ4n) is 1.64. The number of carbonyl (C=O) groups excluding carboxylic acids is 1. The maximum Gasteiger partial charge on any atom is 0.339 e. The molecule has 0 heterocycles. The Labute approximate surface area is 162 Å². The van der Waals surface area contributed by atoms with Gasteiger partial charge >= 0.3 is 5.97 Å². The molecule has 0 saturated carbocycles. The van der Waals surface area contributed by atoms with Crippen LogP contribution in [0.25, 0.3) is 0 Å². The quantitative estimate of drug-likeness (QED) is 0.194. The number of benzene rings is 1. The van der Waals surface area contributed by atoms with Crippen LogP contribution in [0.3, 0.4) is 0 Å². The smallest absolute Gasteiger partial charge is 0.339 e. The Kier molecular flexibility index (Phi) is 6.92. The Morgan fingerprint density at radius 1 is 1.22 bits per heavy atom. The topological polar surface area (TPSA) is 35.5 Å². The zero-order chi connectivity index (χ0) is 18.2. The summed E-state index contributed by atoms with van der Waals surface area (Å²) in [5.41, 5.74) is 0.695. The summed E-state index contributed by atoms with van der Waals surface area (Å²) in [6, 6.07) is 0. The summed E-state index contributed by atoms with van der Waals surface area (Å²) >= 11 is 9.78. The highest BCUT2D eigenvalue weighted by atomic mass is 79.9. The predicted molar refractivity (Wildman–Crippen MR) is 104 cm³/mol. The normalized spacial score (nSPS) is 12.3. The summed E-state index contributed by atoms with van der Waals surface area (Å²) < 4.78 is 25.9. The molecule has 130 valence electrons. The SMILES string of the molecule is COC(=O)c1c(Br)c(F)c(Br)c(O[Si](C)(C)C(C)(C)C)c1CBr. The van der Waals surface area contributed by atoms with Gasteiger partial charge in [-0.3, -0.25) is 0 Å². The Balaban J connectivity index is 3.66. The second-order valence-corrected chi connectivity index (χ2v) is 13.5. The lowest BCUT2D eigenvalue weighted by atomic mass is 10.1. The second-order valence-electron chi connectivity index (χ2n) is 6.61. The molecule has 0 unspecified atom stereocenters. The van der Waals surface area contributed by atoms with E-state index >= 15 is 0 Å². The fraction of sp³-hybridized carbons (Fsp3) is 0.533. The third kappa shape index (κ3) is 4.19. The molecule has 1 rings (SSSR count). The van der Waals surface area contributed by atoms with Gasteiger partial charge in [-0.25, -0.2) is 9.18 Å². The van der Waals surface area contributed by atoms with E-state index in [1.54, 1.807) is 0 Å².